The summed E-state index contributed by atoms with van der Waals surface area (Å²) in [6.07, 6.45) is 0. The number of amides is 1. The van der Waals surface area contributed by atoms with Crippen molar-refractivity contribution in [3.63, 3.8) is 0 Å². The minimum Gasteiger partial charge on any atom is -0.325 e. The average Bonchev–Trinajstić information content (AvgIpc) is 2.50. The summed E-state index contributed by atoms with van der Waals surface area (Å²) < 4.78 is 0. The second-order valence-electron chi connectivity index (χ2n) is 6.11. The largest absolute Gasteiger partial charge is 0.325 e. The van der Waals surface area contributed by atoms with Crippen molar-refractivity contribution < 1.29 is 9.59 Å². The van der Waals surface area contributed by atoms with Gasteiger partial charge in [0, 0.05) is 16.1 Å². The van der Waals surface area contributed by atoms with Crippen LogP contribution < -0.4 is 5.32 Å². The lowest BCUT2D eigenvalue weighted by atomic mass is 10.1. The number of carbonyl (C=O) groups excluding carboxylic acids is 2. The highest BCUT2D eigenvalue weighted by molar-refractivity contribution is 8.00. The van der Waals surface area contributed by atoms with Crippen LogP contribution >= 0.6 is 11.8 Å². The fourth-order valence-corrected chi connectivity index (χ4v) is 3.65. The summed E-state index contributed by atoms with van der Waals surface area (Å²) in [5, 5.41) is 2.67. The van der Waals surface area contributed by atoms with E-state index in [1.165, 1.54) is 23.6 Å². The van der Waals surface area contributed by atoms with Crippen LogP contribution in [-0.4, -0.2) is 16.9 Å². The Balaban J connectivity index is 2.10. The molecule has 0 heterocycles. The van der Waals surface area contributed by atoms with E-state index >= 15 is 0 Å². The fourth-order valence-electron chi connectivity index (χ4n) is 2.64. The van der Waals surface area contributed by atoms with Gasteiger partial charge in [-0.25, -0.2) is 0 Å². The Morgan fingerprint density at radius 1 is 1.04 bits per heavy atom. The van der Waals surface area contributed by atoms with Gasteiger partial charge in [-0.3, -0.25) is 9.59 Å². The Bertz CT molecular complexity index is 760. The van der Waals surface area contributed by atoms with Crippen LogP contribution in [0.15, 0.2) is 41.3 Å². The number of thioether (sulfide) groups is 1. The van der Waals surface area contributed by atoms with Crippen molar-refractivity contribution in [2.45, 2.75) is 44.8 Å². The fraction of sp³-hybridized carbons (Fsp3) is 0.300. The molecule has 0 unspecified atom stereocenters. The van der Waals surface area contributed by atoms with Gasteiger partial charge in [0.15, 0.2) is 5.78 Å². The highest BCUT2D eigenvalue weighted by Gasteiger charge is 2.17. The van der Waals surface area contributed by atoms with Crippen LogP contribution in [-0.2, 0) is 4.79 Å². The number of hydrogen-bond acceptors (Lipinski definition) is 3. The van der Waals surface area contributed by atoms with Crippen molar-refractivity contribution in [1.29, 1.82) is 0 Å². The third kappa shape index (κ3) is 4.48. The molecule has 4 heteroatoms. The first-order chi connectivity index (χ1) is 11.3. The SMILES string of the molecule is CC(=O)c1cccc(NC(=O)[C@@H](C)Sc2c(C)cc(C)cc2C)c1. The molecule has 1 N–H and O–H groups in total. The van der Waals surface area contributed by atoms with Gasteiger partial charge < -0.3 is 5.32 Å². The minimum atomic E-state index is -0.230. The van der Waals surface area contributed by atoms with Crippen LogP contribution in [0.3, 0.4) is 0 Å². The first-order valence-corrected chi connectivity index (χ1v) is 8.82. The van der Waals surface area contributed by atoms with Gasteiger partial charge in [0.05, 0.1) is 5.25 Å². The van der Waals surface area contributed by atoms with Crippen molar-refractivity contribution in [3.8, 4) is 0 Å². The minimum absolute atomic E-state index is 0.0144. The van der Waals surface area contributed by atoms with Crippen LogP contribution in [0.1, 0.15) is 40.9 Å². The number of aryl methyl sites for hydroxylation is 3. The Morgan fingerprint density at radius 2 is 1.67 bits per heavy atom. The lowest BCUT2D eigenvalue weighted by Gasteiger charge is -2.16. The lowest BCUT2D eigenvalue weighted by molar-refractivity contribution is -0.115. The van der Waals surface area contributed by atoms with Crippen molar-refractivity contribution in [2.75, 3.05) is 5.32 Å². The first kappa shape index (κ1) is 18.3. The molecule has 2 aromatic carbocycles. The zero-order valence-corrected chi connectivity index (χ0v) is 15.6. The highest BCUT2D eigenvalue weighted by atomic mass is 32.2. The quantitative estimate of drug-likeness (QED) is 0.619. The van der Waals surface area contributed by atoms with Gasteiger partial charge in [0.1, 0.15) is 0 Å². The van der Waals surface area contributed by atoms with Crippen molar-refractivity contribution >= 4 is 29.1 Å². The second kappa shape index (κ2) is 7.67. The number of nitrogens with one attached hydrogen (secondary N) is 1. The van der Waals surface area contributed by atoms with E-state index in [4.69, 9.17) is 0 Å². The smallest absolute Gasteiger partial charge is 0.237 e. The number of ketones is 1. The molecule has 0 saturated carbocycles. The number of benzene rings is 2. The molecule has 0 fully saturated rings. The summed E-state index contributed by atoms with van der Waals surface area (Å²) in [7, 11) is 0. The van der Waals surface area contributed by atoms with E-state index in [2.05, 4.69) is 38.2 Å². The molecule has 1 amide bonds. The number of carbonyl (C=O) groups is 2. The van der Waals surface area contributed by atoms with Crippen molar-refractivity contribution in [3.05, 3.63) is 58.7 Å². The summed E-state index contributed by atoms with van der Waals surface area (Å²) in [6.45, 7) is 9.63. The van der Waals surface area contributed by atoms with Crippen LogP contribution in [0.5, 0.6) is 0 Å². The Kier molecular flexibility index (Phi) is 5.84. The molecule has 2 rings (SSSR count). The number of rotatable bonds is 5. The molecule has 126 valence electrons. The van der Waals surface area contributed by atoms with Crippen LogP contribution in [0.4, 0.5) is 5.69 Å². The second-order valence-corrected chi connectivity index (χ2v) is 7.47. The molecular weight excluding hydrogens is 318 g/mol. The summed E-state index contributed by atoms with van der Waals surface area (Å²) >= 11 is 1.56. The van der Waals surface area contributed by atoms with Gasteiger partial charge in [-0.2, -0.15) is 0 Å². The Hall–Kier alpha value is -2.07. The molecule has 0 radical (unpaired) electrons. The third-order valence-electron chi connectivity index (χ3n) is 3.81. The topological polar surface area (TPSA) is 46.2 Å². The molecular formula is C20H23NO2S. The van der Waals surface area contributed by atoms with Gasteiger partial charge in [0.25, 0.3) is 0 Å². The van der Waals surface area contributed by atoms with Gasteiger partial charge in [-0.1, -0.05) is 29.8 Å². The number of anilines is 1. The number of Topliss-reactive ketones (excluding diaryl/α,β-unsaturated/α-hetero) is 1. The third-order valence-corrected chi connectivity index (χ3v) is 5.25. The standard InChI is InChI=1S/C20H23NO2S/c1-12-9-13(2)19(14(3)10-12)24-16(5)20(23)21-18-8-6-7-17(11-18)15(4)22/h6-11,16H,1-5H3,(H,21,23)/t16-/m1/s1. The molecule has 0 spiro atoms. The zero-order chi connectivity index (χ0) is 17.9. The summed E-state index contributed by atoms with van der Waals surface area (Å²) in [6, 6.07) is 11.3. The normalized spacial score (nSPS) is 11.9. The number of hydrogen-bond donors (Lipinski definition) is 1. The van der Waals surface area contributed by atoms with E-state index in [1.807, 2.05) is 6.92 Å². The molecule has 0 aliphatic carbocycles. The van der Waals surface area contributed by atoms with Gasteiger partial charge in [0.2, 0.25) is 5.91 Å². The molecule has 1 atom stereocenters. The van der Waals surface area contributed by atoms with Crippen LogP contribution in [0.2, 0.25) is 0 Å². The van der Waals surface area contributed by atoms with Gasteiger partial charge in [-0.05, 0) is 57.9 Å². The molecule has 0 aromatic heterocycles. The van der Waals surface area contributed by atoms with E-state index in [0.717, 1.165) is 4.90 Å². The van der Waals surface area contributed by atoms with Crippen molar-refractivity contribution in [2.24, 2.45) is 0 Å². The Morgan fingerprint density at radius 3 is 2.25 bits per heavy atom. The van der Waals surface area contributed by atoms with Gasteiger partial charge >= 0.3 is 0 Å². The van der Waals surface area contributed by atoms with E-state index in [9.17, 15) is 9.59 Å². The maximum absolute atomic E-state index is 12.5. The predicted molar refractivity (Wildman–Crippen MR) is 101 cm³/mol. The van der Waals surface area contributed by atoms with E-state index in [1.54, 1.807) is 36.0 Å². The van der Waals surface area contributed by atoms with E-state index < -0.39 is 0 Å². The molecule has 3 nitrogen and oxygen atoms in total. The predicted octanol–water partition coefficient (Wildman–Crippen LogP) is 4.93. The first-order valence-electron chi connectivity index (χ1n) is 7.94. The maximum Gasteiger partial charge on any atom is 0.237 e. The van der Waals surface area contributed by atoms with E-state index in [-0.39, 0.29) is 16.9 Å². The lowest BCUT2D eigenvalue weighted by Crippen LogP contribution is -2.22. The Labute approximate surface area is 147 Å². The zero-order valence-electron chi connectivity index (χ0n) is 14.8. The summed E-state index contributed by atoms with van der Waals surface area (Å²) in [5.74, 6) is -0.0838. The maximum atomic E-state index is 12.5. The monoisotopic (exact) mass is 341 g/mol. The van der Waals surface area contributed by atoms with E-state index in [0.29, 0.717) is 11.3 Å². The molecule has 24 heavy (non-hydrogen) atoms. The molecule has 0 bridgehead atoms. The van der Waals surface area contributed by atoms with Crippen LogP contribution in [0.25, 0.3) is 0 Å². The molecule has 0 saturated heterocycles. The van der Waals surface area contributed by atoms with Crippen molar-refractivity contribution in [1.82, 2.24) is 0 Å². The highest BCUT2D eigenvalue weighted by Crippen LogP contribution is 2.31. The summed E-state index contributed by atoms with van der Waals surface area (Å²) in [4.78, 5) is 25.1. The molecule has 0 aliphatic heterocycles. The van der Waals surface area contributed by atoms with Crippen LogP contribution in [0, 0.1) is 20.8 Å². The average molecular weight is 341 g/mol. The van der Waals surface area contributed by atoms with Gasteiger partial charge in [-0.15, -0.1) is 11.8 Å². The molecule has 2 aromatic rings. The summed E-state index contributed by atoms with van der Waals surface area (Å²) in [5.41, 5.74) is 4.86. The molecule has 0 aliphatic rings.